The van der Waals surface area contributed by atoms with Gasteiger partial charge in [-0.3, -0.25) is 9.59 Å². The van der Waals surface area contributed by atoms with Crippen LogP contribution in [-0.4, -0.2) is 48.6 Å². The second-order valence-corrected chi connectivity index (χ2v) is 6.67. The van der Waals surface area contributed by atoms with Gasteiger partial charge in [0.25, 0.3) is 5.91 Å². The van der Waals surface area contributed by atoms with Gasteiger partial charge in [0.2, 0.25) is 5.91 Å². The van der Waals surface area contributed by atoms with Crippen LogP contribution < -0.4 is 5.32 Å². The molecule has 0 bridgehead atoms. The molecule has 0 atom stereocenters. The first-order valence-corrected chi connectivity index (χ1v) is 8.99. The molecule has 130 valence electrons. The molecule has 2 fully saturated rings. The van der Waals surface area contributed by atoms with E-state index in [0.29, 0.717) is 11.7 Å². The zero-order chi connectivity index (χ0) is 16.8. The van der Waals surface area contributed by atoms with Crippen LogP contribution >= 0.6 is 0 Å². The minimum absolute atomic E-state index is 0.0152. The maximum atomic E-state index is 12.3. The first-order valence-electron chi connectivity index (χ1n) is 8.99. The zero-order valence-electron chi connectivity index (χ0n) is 14.1. The SMILES string of the molecule is O=C(NCC(=O)N1CCC(OC2CCCC2)CC1)c1ccccc1. The van der Waals surface area contributed by atoms with Crippen molar-refractivity contribution in [3.63, 3.8) is 0 Å². The van der Waals surface area contributed by atoms with E-state index in [0.717, 1.165) is 25.9 Å². The molecule has 0 unspecified atom stereocenters. The summed E-state index contributed by atoms with van der Waals surface area (Å²) in [6.07, 6.45) is 7.45. The molecule has 1 aliphatic heterocycles. The van der Waals surface area contributed by atoms with Crippen LogP contribution in [0, 0.1) is 0 Å². The molecule has 5 heteroatoms. The van der Waals surface area contributed by atoms with Crippen LogP contribution in [0.5, 0.6) is 0 Å². The van der Waals surface area contributed by atoms with Crippen LogP contribution in [0.25, 0.3) is 0 Å². The van der Waals surface area contributed by atoms with E-state index in [9.17, 15) is 9.59 Å². The Kier molecular flexibility index (Phi) is 5.86. The Bertz CT molecular complexity index is 547. The molecule has 1 aromatic rings. The molecule has 5 nitrogen and oxygen atoms in total. The van der Waals surface area contributed by atoms with Crippen molar-refractivity contribution in [3.05, 3.63) is 35.9 Å². The van der Waals surface area contributed by atoms with E-state index < -0.39 is 0 Å². The number of benzene rings is 1. The summed E-state index contributed by atoms with van der Waals surface area (Å²) in [5.74, 6) is -0.220. The monoisotopic (exact) mass is 330 g/mol. The van der Waals surface area contributed by atoms with Gasteiger partial charge in [0.1, 0.15) is 0 Å². The molecule has 1 saturated heterocycles. The molecule has 24 heavy (non-hydrogen) atoms. The summed E-state index contributed by atoms with van der Waals surface area (Å²) in [4.78, 5) is 26.1. The fourth-order valence-corrected chi connectivity index (χ4v) is 3.50. The number of carbonyl (C=O) groups excluding carboxylic acids is 2. The lowest BCUT2D eigenvalue weighted by atomic mass is 10.1. The van der Waals surface area contributed by atoms with Gasteiger partial charge in [0.15, 0.2) is 0 Å². The predicted octanol–water partition coefficient (Wildman–Crippen LogP) is 2.37. The van der Waals surface area contributed by atoms with Crippen LogP contribution in [0.4, 0.5) is 0 Å². The molecule has 2 amide bonds. The van der Waals surface area contributed by atoms with E-state index in [1.165, 1.54) is 25.7 Å². The Labute approximate surface area is 143 Å². The third kappa shape index (κ3) is 4.57. The summed E-state index contributed by atoms with van der Waals surface area (Å²) in [5.41, 5.74) is 0.578. The van der Waals surface area contributed by atoms with E-state index in [4.69, 9.17) is 4.74 Å². The highest BCUT2D eigenvalue weighted by molar-refractivity contribution is 5.96. The van der Waals surface area contributed by atoms with Gasteiger partial charge in [-0.15, -0.1) is 0 Å². The molecule has 0 aromatic heterocycles. The number of piperidine rings is 1. The molecule has 1 saturated carbocycles. The molecule has 1 aliphatic carbocycles. The number of nitrogens with zero attached hydrogens (tertiary/aromatic N) is 1. The van der Waals surface area contributed by atoms with Gasteiger partial charge in [-0.1, -0.05) is 31.0 Å². The van der Waals surface area contributed by atoms with Crippen molar-refractivity contribution in [2.75, 3.05) is 19.6 Å². The fourth-order valence-electron chi connectivity index (χ4n) is 3.50. The third-order valence-electron chi connectivity index (χ3n) is 4.92. The molecule has 2 aliphatic rings. The number of hydrogen-bond donors (Lipinski definition) is 1. The van der Waals surface area contributed by atoms with Crippen molar-refractivity contribution in [1.29, 1.82) is 0 Å². The largest absolute Gasteiger partial charge is 0.375 e. The molecule has 3 rings (SSSR count). The van der Waals surface area contributed by atoms with E-state index in [2.05, 4.69) is 5.32 Å². The van der Waals surface area contributed by atoms with Crippen LogP contribution in [0.3, 0.4) is 0 Å². The average molecular weight is 330 g/mol. The van der Waals surface area contributed by atoms with Gasteiger partial charge in [0.05, 0.1) is 18.8 Å². The second-order valence-electron chi connectivity index (χ2n) is 6.67. The summed E-state index contributed by atoms with van der Waals surface area (Å²) >= 11 is 0. The minimum Gasteiger partial charge on any atom is -0.375 e. The molecular formula is C19H26N2O3. The summed E-state index contributed by atoms with van der Waals surface area (Å²) in [6, 6.07) is 8.97. The van der Waals surface area contributed by atoms with Gasteiger partial charge in [0, 0.05) is 18.7 Å². The van der Waals surface area contributed by atoms with Gasteiger partial charge in [-0.2, -0.15) is 0 Å². The van der Waals surface area contributed by atoms with E-state index in [1.54, 1.807) is 12.1 Å². The lowest BCUT2D eigenvalue weighted by molar-refractivity contribution is -0.133. The average Bonchev–Trinajstić information content (AvgIpc) is 3.14. The van der Waals surface area contributed by atoms with Crippen LogP contribution in [0.15, 0.2) is 30.3 Å². The third-order valence-corrected chi connectivity index (χ3v) is 4.92. The van der Waals surface area contributed by atoms with Gasteiger partial charge in [-0.05, 0) is 37.8 Å². The molecule has 1 aromatic carbocycles. The van der Waals surface area contributed by atoms with Crippen molar-refractivity contribution < 1.29 is 14.3 Å². The lowest BCUT2D eigenvalue weighted by Crippen LogP contribution is -2.45. The summed E-state index contributed by atoms with van der Waals surface area (Å²) in [5, 5.41) is 2.70. The summed E-state index contributed by atoms with van der Waals surface area (Å²) in [7, 11) is 0. The molecule has 0 radical (unpaired) electrons. The normalized spacial score (nSPS) is 19.4. The number of ether oxygens (including phenoxy) is 1. The van der Waals surface area contributed by atoms with Crippen LogP contribution in [0.1, 0.15) is 48.9 Å². The molecule has 1 N–H and O–H groups in total. The van der Waals surface area contributed by atoms with Gasteiger partial charge >= 0.3 is 0 Å². The van der Waals surface area contributed by atoms with Crippen molar-refractivity contribution in [1.82, 2.24) is 10.2 Å². The Morgan fingerprint density at radius 3 is 2.29 bits per heavy atom. The van der Waals surface area contributed by atoms with E-state index in [-0.39, 0.29) is 24.5 Å². The minimum atomic E-state index is -0.205. The Morgan fingerprint density at radius 2 is 1.62 bits per heavy atom. The number of amides is 2. The van der Waals surface area contributed by atoms with Crippen molar-refractivity contribution in [2.45, 2.75) is 50.7 Å². The van der Waals surface area contributed by atoms with Crippen molar-refractivity contribution in [3.8, 4) is 0 Å². The van der Waals surface area contributed by atoms with Crippen molar-refractivity contribution in [2.24, 2.45) is 0 Å². The number of nitrogens with one attached hydrogen (secondary N) is 1. The Morgan fingerprint density at radius 1 is 1.00 bits per heavy atom. The Balaban J connectivity index is 1.38. The van der Waals surface area contributed by atoms with Crippen LogP contribution in [0.2, 0.25) is 0 Å². The quantitative estimate of drug-likeness (QED) is 0.902. The topological polar surface area (TPSA) is 58.6 Å². The molecule has 1 heterocycles. The standard InChI is InChI=1S/C19H26N2O3/c22-18(14-20-19(23)15-6-2-1-3-7-15)21-12-10-17(11-13-21)24-16-8-4-5-9-16/h1-3,6-7,16-17H,4-5,8-14H2,(H,20,23). The highest BCUT2D eigenvalue weighted by atomic mass is 16.5. The highest BCUT2D eigenvalue weighted by Crippen LogP contribution is 2.25. The number of carbonyl (C=O) groups is 2. The number of hydrogen-bond acceptors (Lipinski definition) is 3. The predicted molar refractivity (Wildman–Crippen MR) is 91.7 cm³/mol. The summed E-state index contributed by atoms with van der Waals surface area (Å²) in [6.45, 7) is 1.50. The number of likely N-dealkylation sites (tertiary alicyclic amines) is 1. The second kappa shape index (κ2) is 8.29. The molecule has 0 spiro atoms. The maximum Gasteiger partial charge on any atom is 0.251 e. The van der Waals surface area contributed by atoms with Gasteiger partial charge in [-0.25, -0.2) is 0 Å². The fraction of sp³-hybridized carbons (Fsp3) is 0.579. The summed E-state index contributed by atoms with van der Waals surface area (Å²) < 4.78 is 6.13. The number of rotatable bonds is 5. The highest BCUT2D eigenvalue weighted by Gasteiger charge is 2.26. The first-order chi connectivity index (χ1) is 11.7. The van der Waals surface area contributed by atoms with Gasteiger partial charge < -0.3 is 15.0 Å². The van der Waals surface area contributed by atoms with Crippen LogP contribution in [-0.2, 0) is 9.53 Å². The van der Waals surface area contributed by atoms with E-state index >= 15 is 0 Å². The smallest absolute Gasteiger partial charge is 0.251 e. The zero-order valence-corrected chi connectivity index (χ0v) is 14.1. The maximum absolute atomic E-state index is 12.3. The molecular weight excluding hydrogens is 304 g/mol. The first kappa shape index (κ1) is 17.0. The lowest BCUT2D eigenvalue weighted by Gasteiger charge is -2.33. The Hall–Kier alpha value is -1.88. The van der Waals surface area contributed by atoms with Crippen molar-refractivity contribution >= 4 is 11.8 Å². The van der Waals surface area contributed by atoms with E-state index in [1.807, 2.05) is 23.1 Å².